The monoisotopic (exact) mass is 452 g/mol. The Morgan fingerprint density at radius 1 is 1.12 bits per heavy atom. The van der Waals surface area contributed by atoms with Gasteiger partial charge in [0, 0.05) is 24.6 Å². The van der Waals surface area contributed by atoms with Gasteiger partial charge in [-0.05, 0) is 33.3 Å². The van der Waals surface area contributed by atoms with E-state index in [0.29, 0.717) is 35.3 Å². The average Bonchev–Trinajstić information content (AvgIpc) is 3.25. The summed E-state index contributed by atoms with van der Waals surface area (Å²) in [7, 11) is 0. The third-order valence-corrected chi connectivity index (χ3v) is 4.86. The number of rotatable bonds is 10. The zero-order chi connectivity index (χ0) is 23.8. The standard InChI is InChI=1S/C24H28N4O5/c1-4-32-22(30)11-8-12-25-21(29)15-33-24(31)18-13-20(17-9-6-5-7-10-17)27-23-19(18)14-26-28(23)16(2)3/h5-7,9-10,13-14,16H,4,8,11-12,15H2,1-3H3,(H,25,29). The minimum Gasteiger partial charge on any atom is -0.466 e. The average molecular weight is 453 g/mol. The number of hydrogen-bond acceptors (Lipinski definition) is 7. The molecule has 0 radical (unpaired) electrons. The van der Waals surface area contributed by atoms with Crippen molar-refractivity contribution in [2.75, 3.05) is 19.8 Å². The summed E-state index contributed by atoms with van der Waals surface area (Å²) < 4.78 is 11.8. The Labute approximate surface area is 192 Å². The molecule has 0 atom stereocenters. The van der Waals surface area contributed by atoms with Crippen molar-refractivity contribution in [2.45, 2.75) is 39.7 Å². The van der Waals surface area contributed by atoms with Crippen LogP contribution < -0.4 is 5.32 Å². The quantitative estimate of drug-likeness (QED) is 0.371. The first-order chi connectivity index (χ1) is 15.9. The van der Waals surface area contributed by atoms with Crippen LogP contribution in [0.4, 0.5) is 0 Å². The molecule has 1 N–H and O–H groups in total. The van der Waals surface area contributed by atoms with Crippen LogP contribution in [0.5, 0.6) is 0 Å². The minimum absolute atomic E-state index is 0.0466. The molecule has 0 fully saturated rings. The van der Waals surface area contributed by atoms with Gasteiger partial charge in [-0.2, -0.15) is 5.10 Å². The molecule has 0 aliphatic carbocycles. The van der Waals surface area contributed by atoms with Crippen LogP contribution >= 0.6 is 0 Å². The summed E-state index contributed by atoms with van der Waals surface area (Å²) in [6.07, 6.45) is 2.24. The highest BCUT2D eigenvalue weighted by molar-refractivity contribution is 6.04. The van der Waals surface area contributed by atoms with Gasteiger partial charge < -0.3 is 14.8 Å². The van der Waals surface area contributed by atoms with Gasteiger partial charge in [-0.15, -0.1) is 0 Å². The van der Waals surface area contributed by atoms with Gasteiger partial charge in [0.25, 0.3) is 5.91 Å². The van der Waals surface area contributed by atoms with E-state index in [4.69, 9.17) is 14.5 Å². The van der Waals surface area contributed by atoms with Crippen molar-refractivity contribution in [3.05, 3.63) is 48.2 Å². The van der Waals surface area contributed by atoms with Crippen LogP contribution in [0.3, 0.4) is 0 Å². The number of ether oxygens (including phenoxy) is 2. The second kappa shape index (κ2) is 11.2. The topological polar surface area (TPSA) is 112 Å². The molecule has 9 nitrogen and oxygen atoms in total. The molecule has 174 valence electrons. The van der Waals surface area contributed by atoms with Crippen LogP contribution in [-0.2, 0) is 19.1 Å². The van der Waals surface area contributed by atoms with E-state index in [9.17, 15) is 14.4 Å². The van der Waals surface area contributed by atoms with Crippen LogP contribution in [-0.4, -0.2) is 52.4 Å². The Hall–Kier alpha value is -3.75. The van der Waals surface area contributed by atoms with Crippen molar-refractivity contribution in [3.8, 4) is 11.3 Å². The second-order valence-electron chi connectivity index (χ2n) is 7.68. The number of nitrogens with one attached hydrogen (secondary N) is 1. The fourth-order valence-electron chi connectivity index (χ4n) is 3.28. The summed E-state index contributed by atoms with van der Waals surface area (Å²) in [4.78, 5) is 41.0. The molecular formula is C24H28N4O5. The number of hydrogen-bond donors (Lipinski definition) is 1. The summed E-state index contributed by atoms with van der Waals surface area (Å²) >= 11 is 0. The van der Waals surface area contributed by atoms with E-state index in [0.717, 1.165) is 5.56 Å². The zero-order valence-electron chi connectivity index (χ0n) is 19.0. The van der Waals surface area contributed by atoms with Crippen LogP contribution in [0.2, 0.25) is 0 Å². The van der Waals surface area contributed by atoms with E-state index in [2.05, 4.69) is 10.4 Å². The summed E-state index contributed by atoms with van der Waals surface area (Å²) in [6, 6.07) is 11.2. The highest BCUT2D eigenvalue weighted by atomic mass is 16.5. The number of benzene rings is 1. The van der Waals surface area contributed by atoms with Gasteiger partial charge in [0.1, 0.15) is 0 Å². The van der Waals surface area contributed by atoms with Crippen molar-refractivity contribution in [2.24, 2.45) is 0 Å². The Balaban J connectivity index is 1.71. The van der Waals surface area contributed by atoms with E-state index in [1.807, 2.05) is 44.2 Å². The van der Waals surface area contributed by atoms with Crippen LogP contribution in [0.1, 0.15) is 50.0 Å². The fourth-order valence-corrected chi connectivity index (χ4v) is 3.28. The van der Waals surface area contributed by atoms with E-state index >= 15 is 0 Å². The van der Waals surface area contributed by atoms with Crippen molar-refractivity contribution in [3.63, 3.8) is 0 Å². The highest BCUT2D eigenvalue weighted by Gasteiger charge is 2.20. The van der Waals surface area contributed by atoms with Gasteiger partial charge in [0.2, 0.25) is 0 Å². The molecule has 0 spiro atoms. The summed E-state index contributed by atoms with van der Waals surface area (Å²) in [6.45, 7) is 5.88. The number of esters is 2. The number of carbonyl (C=O) groups is 3. The van der Waals surface area contributed by atoms with Gasteiger partial charge in [-0.1, -0.05) is 30.3 Å². The zero-order valence-corrected chi connectivity index (χ0v) is 19.0. The van der Waals surface area contributed by atoms with Crippen LogP contribution in [0.15, 0.2) is 42.6 Å². The second-order valence-corrected chi connectivity index (χ2v) is 7.68. The molecule has 3 rings (SSSR count). The lowest BCUT2D eigenvalue weighted by Crippen LogP contribution is -2.30. The lowest BCUT2D eigenvalue weighted by atomic mass is 10.1. The fraction of sp³-hybridized carbons (Fsp3) is 0.375. The van der Waals surface area contributed by atoms with E-state index < -0.39 is 18.5 Å². The third kappa shape index (κ3) is 6.15. The van der Waals surface area contributed by atoms with Crippen LogP contribution in [0.25, 0.3) is 22.3 Å². The summed E-state index contributed by atoms with van der Waals surface area (Å²) in [5, 5.41) is 7.56. The van der Waals surface area contributed by atoms with Gasteiger partial charge in [-0.3, -0.25) is 9.59 Å². The molecule has 0 saturated carbocycles. The Kier molecular flexibility index (Phi) is 8.12. The lowest BCUT2D eigenvalue weighted by Gasteiger charge is -2.11. The molecule has 33 heavy (non-hydrogen) atoms. The first-order valence-corrected chi connectivity index (χ1v) is 10.9. The number of fused-ring (bicyclic) bond motifs is 1. The maximum Gasteiger partial charge on any atom is 0.339 e. The molecule has 1 amide bonds. The van der Waals surface area contributed by atoms with Gasteiger partial charge in [0.15, 0.2) is 12.3 Å². The summed E-state index contributed by atoms with van der Waals surface area (Å²) in [5.74, 6) is -1.39. The molecule has 0 aliphatic heterocycles. The van der Waals surface area contributed by atoms with Gasteiger partial charge >= 0.3 is 11.9 Å². The Bertz CT molecular complexity index is 1120. The third-order valence-electron chi connectivity index (χ3n) is 4.86. The minimum atomic E-state index is -0.635. The first kappa shape index (κ1) is 23.9. The van der Waals surface area contributed by atoms with E-state index in [1.54, 1.807) is 23.9 Å². The molecular weight excluding hydrogens is 424 g/mol. The highest BCUT2D eigenvalue weighted by Crippen LogP contribution is 2.26. The molecule has 0 unspecified atom stereocenters. The van der Waals surface area contributed by atoms with E-state index in [-0.39, 0.29) is 25.0 Å². The Morgan fingerprint density at radius 3 is 2.58 bits per heavy atom. The molecule has 0 aliphatic rings. The predicted molar refractivity (Wildman–Crippen MR) is 123 cm³/mol. The van der Waals surface area contributed by atoms with Gasteiger partial charge in [-0.25, -0.2) is 14.5 Å². The largest absolute Gasteiger partial charge is 0.466 e. The van der Waals surface area contributed by atoms with Crippen LogP contribution in [0, 0.1) is 0 Å². The molecule has 0 bridgehead atoms. The number of pyridine rings is 1. The number of nitrogens with zero attached hydrogens (tertiary/aromatic N) is 3. The number of aromatic nitrogens is 3. The van der Waals surface area contributed by atoms with E-state index in [1.165, 1.54) is 0 Å². The smallest absolute Gasteiger partial charge is 0.339 e. The maximum atomic E-state index is 12.9. The lowest BCUT2D eigenvalue weighted by molar-refractivity contribution is -0.143. The van der Waals surface area contributed by atoms with Crippen molar-refractivity contribution < 1.29 is 23.9 Å². The molecule has 9 heteroatoms. The molecule has 2 heterocycles. The number of amides is 1. The van der Waals surface area contributed by atoms with Crippen molar-refractivity contribution >= 4 is 28.9 Å². The van der Waals surface area contributed by atoms with Gasteiger partial charge in [0.05, 0.1) is 29.4 Å². The van der Waals surface area contributed by atoms with Crippen molar-refractivity contribution in [1.29, 1.82) is 0 Å². The SMILES string of the molecule is CCOC(=O)CCCNC(=O)COC(=O)c1cc(-c2ccccc2)nc2c1cnn2C(C)C. The molecule has 3 aromatic rings. The summed E-state index contributed by atoms with van der Waals surface area (Å²) in [5.41, 5.74) is 2.33. The normalized spacial score (nSPS) is 10.9. The first-order valence-electron chi connectivity index (χ1n) is 10.9. The molecule has 1 aromatic carbocycles. The molecule has 0 saturated heterocycles. The predicted octanol–water partition coefficient (Wildman–Crippen LogP) is 3.30. The Morgan fingerprint density at radius 2 is 1.88 bits per heavy atom. The van der Waals surface area contributed by atoms with Crippen molar-refractivity contribution in [1.82, 2.24) is 20.1 Å². The number of carbonyl (C=O) groups excluding carboxylic acids is 3. The maximum absolute atomic E-state index is 12.9. The molecule has 2 aromatic heterocycles.